The van der Waals surface area contributed by atoms with E-state index in [9.17, 15) is 29.1 Å². The molecule has 4 N–H and O–H groups in total. The number of hydrogen-bond donors (Lipinski definition) is 3. The van der Waals surface area contributed by atoms with Crippen LogP contribution >= 0.6 is 0 Å². The van der Waals surface area contributed by atoms with Gasteiger partial charge in [-0.05, 0) is 43.5 Å². The molecule has 11 nitrogen and oxygen atoms in total. The molecule has 2 aliphatic heterocycles. The van der Waals surface area contributed by atoms with E-state index in [1.807, 2.05) is 0 Å². The molecule has 0 spiro atoms. The lowest BCUT2D eigenvalue weighted by molar-refractivity contribution is -0.127. The summed E-state index contributed by atoms with van der Waals surface area (Å²) in [6.45, 7) is 1.16. The van der Waals surface area contributed by atoms with Crippen LogP contribution in [0.2, 0.25) is 0 Å². The van der Waals surface area contributed by atoms with E-state index in [0.717, 1.165) is 6.42 Å². The first-order chi connectivity index (χ1) is 16.8. The summed E-state index contributed by atoms with van der Waals surface area (Å²) in [5, 5.41) is 27.2. The Morgan fingerprint density at radius 2 is 2.03 bits per heavy atom. The summed E-state index contributed by atoms with van der Waals surface area (Å²) in [5.41, 5.74) is 6.12. The van der Waals surface area contributed by atoms with Crippen LogP contribution in [-0.4, -0.2) is 68.3 Å². The number of hydrogen-bond acceptors (Lipinski definition) is 6. The van der Waals surface area contributed by atoms with E-state index >= 15 is 0 Å². The van der Waals surface area contributed by atoms with Gasteiger partial charge in [0.25, 0.3) is 5.91 Å². The standard InChI is InChI=1S/C23H26FN7O4/c24-14-3-5-15(6-4-14)27-22-17(21(26)33)13-31(28-22)19-8-11-30(23(34)35)18(16(19)12-25)7-10-29-9-1-2-20(29)32/h3-6,13,16,18-19H,1-2,7-11H2,(H2,26,33)(H,27,28)(H,34,35)/t16-,18?,19-/m1/s1. The van der Waals surface area contributed by atoms with E-state index in [1.165, 1.54) is 40.0 Å². The number of likely N-dealkylation sites (tertiary alicyclic amines) is 2. The zero-order valence-corrected chi connectivity index (χ0v) is 18.9. The second kappa shape index (κ2) is 10.0. The Bertz CT molecular complexity index is 1160. The minimum absolute atomic E-state index is 0.0300. The Kier molecular flexibility index (Phi) is 6.86. The van der Waals surface area contributed by atoms with Gasteiger partial charge in [0.15, 0.2) is 5.82 Å². The van der Waals surface area contributed by atoms with Gasteiger partial charge in [-0.25, -0.2) is 9.18 Å². The van der Waals surface area contributed by atoms with Crippen LogP contribution in [0.4, 0.5) is 20.7 Å². The maximum absolute atomic E-state index is 13.3. The fourth-order valence-corrected chi connectivity index (χ4v) is 4.84. The van der Waals surface area contributed by atoms with E-state index in [0.29, 0.717) is 38.0 Å². The summed E-state index contributed by atoms with van der Waals surface area (Å²) in [6.07, 6.45) is 2.18. The van der Waals surface area contributed by atoms with Crippen molar-refractivity contribution >= 4 is 29.4 Å². The quantitative estimate of drug-likeness (QED) is 0.545. The number of nitriles is 1. The normalized spacial score (nSPS) is 22.2. The fourth-order valence-electron chi connectivity index (χ4n) is 4.84. The fraction of sp³-hybridized carbons (Fsp3) is 0.435. The molecule has 0 saturated carbocycles. The molecule has 184 valence electrons. The van der Waals surface area contributed by atoms with Gasteiger partial charge in [0.05, 0.1) is 24.1 Å². The average Bonchev–Trinajstić information content (AvgIpc) is 3.44. The number of piperidine rings is 1. The Morgan fingerprint density at radius 1 is 1.29 bits per heavy atom. The second-order valence-corrected chi connectivity index (χ2v) is 8.69. The van der Waals surface area contributed by atoms with E-state index in [-0.39, 0.29) is 23.8 Å². The first-order valence-electron chi connectivity index (χ1n) is 11.4. The highest BCUT2D eigenvalue weighted by molar-refractivity contribution is 5.98. The lowest BCUT2D eigenvalue weighted by atomic mass is 9.84. The lowest BCUT2D eigenvalue weighted by Gasteiger charge is -2.41. The third-order valence-electron chi connectivity index (χ3n) is 6.60. The monoisotopic (exact) mass is 483 g/mol. The molecule has 3 heterocycles. The number of rotatable bonds is 7. The smallest absolute Gasteiger partial charge is 0.407 e. The summed E-state index contributed by atoms with van der Waals surface area (Å²) in [4.78, 5) is 39.0. The van der Waals surface area contributed by atoms with Crippen LogP contribution in [0.3, 0.4) is 0 Å². The van der Waals surface area contributed by atoms with Gasteiger partial charge < -0.3 is 26.0 Å². The molecule has 3 atom stereocenters. The second-order valence-electron chi connectivity index (χ2n) is 8.69. The zero-order chi connectivity index (χ0) is 25.1. The minimum Gasteiger partial charge on any atom is -0.465 e. The van der Waals surface area contributed by atoms with E-state index in [1.54, 1.807) is 4.90 Å². The molecule has 2 aromatic rings. The topological polar surface area (TPSA) is 158 Å². The highest BCUT2D eigenvalue weighted by atomic mass is 19.1. The Balaban J connectivity index is 1.60. The maximum atomic E-state index is 13.3. The van der Waals surface area contributed by atoms with Crippen LogP contribution in [0.1, 0.15) is 42.1 Å². The van der Waals surface area contributed by atoms with Crippen LogP contribution in [0.25, 0.3) is 0 Å². The summed E-state index contributed by atoms with van der Waals surface area (Å²) in [5.74, 6) is -1.73. The van der Waals surface area contributed by atoms with E-state index in [2.05, 4.69) is 16.5 Å². The van der Waals surface area contributed by atoms with Gasteiger partial charge in [-0.3, -0.25) is 14.3 Å². The van der Waals surface area contributed by atoms with Gasteiger partial charge in [0.1, 0.15) is 11.4 Å². The summed E-state index contributed by atoms with van der Waals surface area (Å²) < 4.78 is 14.7. The van der Waals surface area contributed by atoms with Crippen molar-refractivity contribution in [2.24, 2.45) is 11.7 Å². The van der Waals surface area contributed by atoms with Crippen molar-refractivity contribution < 1.29 is 23.9 Å². The molecule has 0 radical (unpaired) electrons. The van der Waals surface area contributed by atoms with Crippen molar-refractivity contribution in [3.8, 4) is 6.07 Å². The molecular weight excluding hydrogens is 457 g/mol. The predicted molar refractivity (Wildman–Crippen MR) is 122 cm³/mol. The molecule has 12 heteroatoms. The van der Waals surface area contributed by atoms with Crippen LogP contribution in [-0.2, 0) is 4.79 Å². The zero-order valence-electron chi connectivity index (χ0n) is 18.9. The van der Waals surface area contributed by atoms with Crippen molar-refractivity contribution in [1.82, 2.24) is 19.6 Å². The Hall–Kier alpha value is -4.14. The van der Waals surface area contributed by atoms with E-state index < -0.39 is 35.8 Å². The number of carbonyl (C=O) groups excluding carboxylic acids is 2. The summed E-state index contributed by atoms with van der Waals surface area (Å²) >= 11 is 0. The summed E-state index contributed by atoms with van der Waals surface area (Å²) in [6, 6.07) is 6.55. The van der Waals surface area contributed by atoms with Gasteiger partial charge in [0, 0.05) is 37.9 Å². The van der Waals surface area contributed by atoms with Crippen molar-refractivity contribution in [1.29, 1.82) is 5.26 Å². The largest absolute Gasteiger partial charge is 0.465 e. The van der Waals surface area contributed by atoms with Gasteiger partial charge in [-0.15, -0.1) is 0 Å². The third-order valence-corrected chi connectivity index (χ3v) is 6.60. The van der Waals surface area contributed by atoms with Crippen LogP contribution in [0.5, 0.6) is 0 Å². The van der Waals surface area contributed by atoms with Gasteiger partial charge in [0.2, 0.25) is 5.91 Å². The number of nitrogens with two attached hydrogens (primary N) is 1. The average molecular weight is 484 g/mol. The molecule has 2 fully saturated rings. The highest BCUT2D eigenvalue weighted by Crippen LogP contribution is 2.36. The minimum atomic E-state index is -1.13. The molecule has 35 heavy (non-hydrogen) atoms. The van der Waals surface area contributed by atoms with Crippen LogP contribution in [0.15, 0.2) is 30.5 Å². The number of amides is 3. The molecule has 1 aromatic heterocycles. The Morgan fingerprint density at radius 3 is 2.63 bits per heavy atom. The molecular formula is C23H26FN7O4. The van der Waals surface area contributed by atoms with Crippen molar-refractivity contribution in [3.05, 3.63) is 41.8 Å². The molecule has 0 bridgehead atoms. The van der Waals surface area contributed by atoms with Crippen LogP contribution in [0, 0.1) is 23.1 Å². The van der Waals surface area contributed by atoms with Crippen molar-refractivity contribution in [2.45, 2.75) is 37.8 Å². The molecule has 1 unspecified atom stereocenters. The number of primary amides is 1. The van der Waals surface area contributed by atoms with Crippen molar-refractivity contribution in [2.75, 3.05) is 25.0 Å². The first-order valence-corrected chi connectivity index (χ1v) is 11.4. The maximum Gasteiger partial charge on any atom is 0.407 e. The predicted octanol–water partition coefficient (Wildman–Crippen LogP) is 2.31. The lowest BCUT2D eigenvalue weighted by Crippen LogP contribution is -2.52. The third kappa shape index (κ3) is 5.03. The van der Waals surface area contributed by atoms with E-state index in [4.69, 9.17) is 5.73 Å². The summed E-state index contributed by atoms with van der Waals surface area (Å²) in [7, 11) is 0. The molecule has 2 saturated heterocycles. The number of nitrogens with one attached hydrogen (secondary N) is 1. The van der Waals surface area contributed by atoms with Crippen LogP contribution < -0.4 is 11.1 Å². The number of carbonyl (C=O) groups is 3. The molecule has 1 aromatic carbocycles. The highest BCUT2D eigenvalue weighted by Gasteiger charge is 2.42. The van der Waals surface area contributed by atoms with Gasteiger partial charge in [-0.2, -0.15) is 10.4 Å². The first kappa shape index (κ1) is 24.0. The molecule has 4 rings (SSSR count). The Labute approximate surface area is 200 Å². The van der Waals surface area contributed by atoms with Gasteiger partial charge >= 0.3 is 6.09 Å². The SMILES string of the molecule is N#C[C@@H]1C(CCN2CCCC2=O)N(C(=O)O)CC[C@H]1n1cc(C(N)=O)c(Nc2ccc(F)cc2)n1. The number of anilines is 2. The molecule has 3 amide bonds. The number of aromatic nitrogens is 2. The van der Waals surface area contributed by atoms with Gasteiger partial charge in [-0.1, -0.05) is 0 Å². The number of carboxylic acid groups (broad SMARTS) is 1. The van der Waals surface area contributed by atoms with Crippen molar-refractivity contribution in [3.63, 3.8) is 0 Å². The molecule has 0 aliphatic carbocycles. The number of nitrogens with zero attached hydrogens (tertiary/aromatic N) is 5. The number of benzene rings is 1. The molecule has 2 aliphatic rings. The number of halogens is 1.